The normalized spacial score (nSPS) is 26.7. The SMILES string of the molecule is C=C(Cc1ccc2c(c1O)C(O)=C1C(=O)[C@]3(O)C(O)=C(C(N)=O)C(=O)C[C@@H]3[C@@H](O)[C@@H]1[C@H]2C)Cc1cccc2ccccc12. The van der Waals surface area contributed by atoms with E-state index in [0.29, 0.717) is 17.5 Å². The molecule has 0 saturated heterocycles. The van der Waals surface area contributed by atoms with Crippen LogP contribution < -0.4 is 5.73 Å². The lowest BCUT2D eigenvalue weighted by molar-refractivity contribution is -0.160. The largest absolute Gasteiger partial charge is 0.508 e. The first-order valence-corrected chi connectivity index (χ1v) is 14.0. The molecule has 6 rings (SSSR count). The van der Waals surface area contributed by atoms with Crippen molar-refractivity contribution in [1.82, 2.24) is 0 Å². The van der Waals surface area contributed by atoms with Crippen LogP contribution in [-0.4, -0.2) is 54.7 Å². The molecule has 0 bridgehead atoms. The van der Waals surface area contributed by atoms with Crippen LogP contribution in [0.4, 0.5) is 0 Å². The predicted molar refractivity (Wildman–Crippen MR) is 158 cm³/mol. The summed E-state index contributed by atoms with van der Waals surface area (Å²) in [5, 5.41) is 58.7. The van der Waals surface area contributed by atoms with Crippen LogP contribution in [-0.2, 0) is 27.2 Å². The number of allylic oxidation sites excluding steroid dienone is 1. The second-order valence-electron chi connectivity index (χ2n) is 11.8. The van der Waals surface area contributed by atoms with E-state index in [0.717, 1.165) is 21.9 Å². The van der Waals surface area contributed by atoms with Crippen LogP contribution in [0, 0.1) is 11.8 Å². The number of hydrogen-bond donors (Lipinski definition) is 6. The van der Waals surface area contributed by atoms with Gasteiger partial charge in [-0.1, -0.05) is 73.7 Å². The highest BCUT2D eigenvalue weighted by atomic mass is 16.4. The average molecular weight is 582 g/mol. The summed E-state index contributed by atoms with van der Waals surface area (Å²) in [5.41, 5.74) is 3.80. The van der Waals surface area contributed by atoms with Crippen molar-refractivity contribution in [3.05, 3.63) is 106 Å². The number of Topliss-reactive ketones (excluding diaryl/α,β-unsaturated/α-hetero) is 2. The van der Waals surface area contributed by atoms with Crippen LogP contribution in [0.25, 0.3) is 16.5 Å². The molecular formula is C34H31NO8. The maximum absolute atomic E-state index is 13.9. The molecule has 0 heterocycles. The number of phenols is 1. The summed E-state index contributed by atoms with van der Waals surface area (Å²) < 4.78 is 0. The molecule has 9 heteroatoms. The minimum Gasteiger partial charge on any atom is -0.508 e. The third-order valence-electron chi connectivity index (χ3n) is 9.35. The summed E-state index contributed by atoms with van der Waals surface area (Å²) in [6, 6.07) is 17.4. The summed E-state index contributed by atoms with van der Waals surface area (Å²) in [6.45, 7) is 5.91. The maximum Gasteiger partial charge on any atom is 0.255 e. The Hall–Kier alpha value is -4.73. The first kappa shape index (κ1) is 28.4. The number of carbonyl (C=O) groups is 3. The molecule has 0 unspecified atom stereocenters. The molecule has 1 amide bonds. The number of fused-ring (bicyclic) bond motifs is 4. The minimum atomic E-state index is -2.87. The third kappa shape index (κ3) is 4.03. The van der Waals surface area contributed by atoms with Gasteiger partial charge in [0.1, 0.15) is 22.8 Å². The molecule has 43 heavy (non-hydrogen) atoms. The van der Waals surface area contributed by atoms with Crippen LogP contribution in [0.1, 0.15) is 41.5 Å². The van der Waals surface area contributed by atoms with E-state index in [4.69, 9.17) is 5.73 Å². The monoisotopic (exact) mass is 581 g/mol. The van der Waals surface area contributed by atoms with Crippen LogP contribution in [0.3, 0.4) is 0 Å². The maximum atomic E-state index is 13.9. The lowest BCUT2D eigenvalue weighted by atomic mass is 9.55. The van der Waals surface area contributed by atoms with E-state index in [1.165, 1.54) is 0 Å². The molecule has 0 aromatic heterocycles. The zero-order valence-electron chi connectivity index (χ0n) is 23.4. The number of amides is 1. The zero-order valence-corrected chi connectivity index (χ0v) is 23.4. The molecule has 1 fully saturated rings. The number of carbonyl (C=O) groups excluding carboxylic acids is 3. The second kappa shape index (κ2) is 9.93. The van der Waals surface area contributed by atoms with Gasteiger partial charge in [-0.15, -0.1) is 0 Å². The Morgan fingerprint density at radius 3 is 2.40 bits per heavy atom. The number of aliphatic hydroxyl groups excluding tert-OH is 3. The Labute approximate surface area is 246 Å². The van der Waals surface area contributed by atoms with Crippen LogP contribution in [0.15, 0.2) is 83.7 Å². The van der Waals surface area contributed by atoms with Gasteiger partial charge in [0.25, 0.3) is 5.91 Å². The van der Waals surface area contributed by atoms with Crippen LogP contribution in [0.5, 0.6) is 5.75 Å². The molecular weight excluding hydrogens is 550 g/mol. The van der Waals surface area contributed by atoms with E-state index < -0.39 is 76.0 Å². The summed E-state index contributed by atoms with van der Waals surface area (Å²) in [4.78, 5) is 38.4. The molecule has 7 N–H and O–H groups in total. The highest BCUT2D eigenvalue weighted by molar-refractivity contribution is 6.23. The highest BCUT2D eigenvalue weighted by Crippen LogP contribution is 2.56. The van der Waals surface area contributed by atoms with Gasteiger partial charge in [-0.05, 0) is 46.2 Å². The number of aromatic hydroxyl groups is 1. The first-order chi connectivity index (χ1) is 20.4. The van der Waals surface area contributed by atoms with Gasteiger partial charge in [-0.2, -0.15) is 0 Å². The van der Waals surface area contributed by atoms with Gasteiger partial charge in [0.2, 0.25) is 5.78 Å². The van der Waals surface area contributed by atoms with E-state index in [1.54, 1.807) is 19.1 Å². The van der Waals surface area contributed by atoms with E-state index in [2.05, 4.69) is 6.58 Å². The molecule has 3 aliphatic rings. The van der Waals surface area contributed by atoms with Gasteiger partial charge in [0.05, 0.1) is 11.7 Å². The number of primary amides is 1. The topological polar surface area (TPSA) is 178 Å². The van der Waals surface area contributed by atoms with E-state index >= 15 is 0 Å². The third-order valence-corrected chi connectivity index (χ3v) is 9.35. The summed E-state index contributed by atoms with van der Waals surface area (Å²) in [7, 11) is 0. The van der Waals surface area contributed by atoms with E-state index in [1.807, 2.05) is 42.5 Å². The smallest absolute Gasteiger partial charge is 0.255 e. The van der Waals surface area contributed by atoms with Gasteiger partial charge in [0, 0.05) is 23.8 Å². The number of phenolic OH excluding ortho intramolecular Hbond substituents is 1. The molecule has 3 aromatic rings. The Kier molecular flexibility index (Phi) is 6.56. The van der Waals surface area contributed by atoms with Crippen molar-refractivity contribution in [3.8, 4) is 5.75 Å². The second-order valence-corrected chi connectivity index (χ2v) is 11.8. The number of ketones is 2. The standard InChI is InChI=1S/C34H31NO8/c1-15(12-18-8-5-7-17-6-3-4-9-21(17)18)13-19-10-11-20-16(2)24-27(30(39)25(20)28(19)37)32(41)34(43)22(29(24)38)14-23(36)26(31(34)40)33(35)42/h3-11,16,22,24,29,37-40,43H,1,12-14H2,2H3,(H2,35,42)/t16-,22+,24+,29+,34+/m0/s1. The van der Waals surface area contributed by atoms with E-state index in [9.17, 15) is 39.9 Å². The predicted octanol–water partition coefficient (Wildman–Crippen LogP) is 3.45. The minimum absolute atomic E-state index is 0.0257. The molecule has 9 nitrogen and oxygen atoms in total. The lowest BCUT2D eigenvalue weighted by Gasteiger charge is -2.50. The highest BCUT2D eigenvalue weighted by Gasteiger charge is 2.64. The molecule has 220 valence electrons. The summed E-state index contributed by atoms with van der Waals surface area (Å²) in [5.74, 6) is -8.76. The van der Waals surface area contributed by atoms with Crippen molar-refractivity contribution in [2.45, 2.75) is 43.8 Å². The number of aliphatic hydroxyl groups is 4. The Balaban J connectivity index is 1.40. The summed E-state index contributed by atoms with van der Waals surface area (Å²) >= 11 is 0. The molecule has 0 spiro atoms. The Bertz CT molecular complexity index is 1830. The molecule has 3 aromatic carbocycles. The van der Waals surface area contributed by atoms with Crippen LogP contribution >= 0.6 is 0 Å². The van der Waals surface area contributed by atoms with Crippen molar-refractivity contribution >= 4 is 34.0 Å². The quantitative estimate of drug-likeness (QED) is 0.196. The molecule has 5 atom stereocenters. The van der Waals surface area contributed by atoms with Crippen LogP contribution in [0.2, 0.25) is 0 Å². The van der Waals surface area contributed by atoms with Gasteiger partial charge < -0.3 is 31.3 Å². The van der Waals surface area contributed by atoms with Gasteiger partial charge in [0.15, 0.2) is 11.4 Å². The van der Waals surface area contributed by atoms with E-state index in [-0.39, 0.29) is 17.7 Å². The van der Waals surface area contributed by atoms with Crippen molar-refractivity contribution in [2.24, 2.45) is 17.6 Å². The molecule has 0 radical (unpaired) electrons. The Morgan fingerprint density at radius 2 is 1.67 bits per heavy atom. The summed E-state index contributed by atoms with van der Waals surface area (Å²) in [6.07, 6.45) is -1.38. The van der Waals surface area contributed by atoms with Gasteiger partial charge in [-0.3, -0.25) is 14.4 Å². The fourth-order valence-electron chi connectivity index (χ4n) is 7.23. The number of hydrogen-bond acceptors (Lipinski definition) is 8. The van der Waals surface area contributed by atoms with Gasteiger partial charge in [-0.25, -0.2) is 0 Å². The number of rotatable bonds is 5. The van der Waals surface area contributed by atoms with Crippen molar-refractivity contribution in [1.29, 1.82) is 0 Å². The fourth-order valence-corrected chi connectivity index (χ4v) is 7.23. The van der Waals surface area contributed by atoms with Crippen molar-refractivity contribution in [2.75, 3.05) is 0 Å². The molecule has 3 aliphatic carbocycles. The fraction of sp³-hybridized carbons (Fsp3) is 0.265. The molecule has 1 saturated carbocycles. The van der Waals surface area contributed by atoms with Crippen molar-refractivity contribution < 1.29 is 39.9 Å². The zero-order chi connectivity index (χ0) is 31.0. The lowest BCUT2D eigenvalue weighted by Crippen LogP contribution is -2.63. The van der Waals surface area contributed by atoms with Crippen molar-refractivity contribution in [3.63, 3.8) is 0 Å². The Morgan fingerprint density at radius 1 is 1.00 bits per heavy atom. The van der Waals surface area contributed by atoms with Gasteiger partial charge >= 0.3 is 0 Å². The number of benzene rings is 3. The number of nitrogens with two attached hydrogens (primary N) is 1. The first-order valence-electron chi connectivity index (χ1n) is 14.0. The average Bonchev–Trinajstić information content (AvgIpc) is 2.96. The molecule has 0 aliphatic heterocycles.